The van der Waals surface area contributed by atoms with Crippen LogP contribution in [0.2, 0.25) is 0 Å². The molecule has 2 aromatic rings. The first-order valence-electron chi connectivity index (χ1n) is 16.7. The number of nitro benzene ring substituents is 2. The molecule has 0 amide bonds. The second-order valence-electron chi connectivity index (χ2n) is 13.3. The number of rotatable bonds is 23. The molecular weight excluding hydrogens is 811 g/mol. The number of quaternary nitrogens is 2. The molecule has 0 saturated heterocycles. The number of benzene rings is 2. The van der Waals surface area contributed by atoms with Crippen LogP contribution in [-0.4, -0.2) is 124 Å². The number of carbonyl (C=O) groups is 2. The summed E-state index contributed by atoms with van der Waals surface area (Å²) < 4.78 is 22.2. The molecule has 0 aromatic heterocycles. The maximum absolute atomic E-state index is 13.0. The Kier molecular flexibility index (Phi) is 28.2. The molecule has 0 heterocycles. The molecular formula is C36H60Cl2N6O10S2+2. The molecule has 2 rings (SSSR count). The number of carbonyl (C=O) groups excluding carboxylic acids is 2. The van der Waals surface area contributed by atoms with Gasteiger partial charge in [-0.05, 0) is 24.3 Å². The molecule has 16 nitrogen and oxygen atoms in total. The monoisotopic (exact) mass is 870 g/mol. The van der Waals surface area contributed by atoms with E-state index >= 15 is 0 Å². The van der Waals surface area contributed by atoms with Crippen LogP contribution in [0.3, 0.4) is 0 Å². The van der Waals surface area contributed by atoms with Gasteiger partial charge in [0.2, 0.25) is 0 Å². The van der Waals surface area contributed by atoms with Crippen molar-refractivity contribution in [3.05, 3.63) is 67.8 Å². The van der Waals surface area contributed by atoms with Gasteiger partial charge in [0.25, 0.3) is 11.4 Å². The van der Waals surface area contributed by atoms with Crippen molar-refractivity contribution in [2.75, 3.05) is 81.8 Å². The largest absolute Gasteiger partial charge is 1.00 e. The summed E-state index contributed by atoms with van der Waals surface area (Å²) in [5, 5.41) is 34.9. The zero-order valence-electron chi connectivity index (χ0n) is 31.5. The van der Waals surface area contributed by atoms with E-state index in [0.29, 0.717) is 69.3 Å². The Hall–Kier alpha value is -3.68. The van der Waals surface area contributed by atoms with Crippen molar-refractivity contribution in [3.63, 3.8) is 0 Å². The number of halogens is 2. The molecule has 56 heavy (non-hydrogen) atoms. The summed E-state index contributed by atoms with van der Waals surface area (Å²) in [6, 6.07) is 8.19. The molecule has 2 aromatic carbocycles. The Morgan fingerprint density at radius 1 is 0.643 bits per heavy atom. The highest BCUT2D eigenvalue weighted by molar-refractivity contribution is 8.76. The number of nitrogens with two attached hydrogens (primary N) is 2. The lowest BCUT2D eigenvalue weighted by atomic mass is 10.2. The van der Waals surface area contributed by atoms with Gasteiger partial charge in [-0.15, -0.1) is 0 Å². The minimum atomic E-state index is -0.816. The quantitative estimate of drug-likeness (QED) is 0.0182. The molecule has 4 N–H and O–H groups in total. The third-order valence-electron chi connectivity index (χ3n) is 8.18. The first-order chi connectivity index (χ1) is 24.5. The molecule has 0 atom stereocenters. The summed E-state index contributed by atoms with van der Waals surface area (Å²) in [6.07, 6.45) is 4.05. The standard InChI is InChI=1S/C34H50N6O10S2.2CH4.2ClH/c1-39(2,17-7-11-31(35)47-5)19-9-21-49-33(41)27-23-25(13-15-29(27)37(43)44)51-52-26-14-16-30(38(45)46)28(24-26)34(42)50-22-10-20-40(3,4)18-8-12-32(36)48-6;;;;/h13-16,23-24,35-36H,7-12,17-22H2,1-6H3;2*1H4;2*1H/q+2;;;;. The van der Waals surface area contributed by atoms with E-state index in [0.717, 1.165) is 47.5 Å². The summed E-state index contributed by atoms with van der Waals surface area (Å²) in [6.45, 7) is 3.25. The molecule has 318 valence electrons. The lowest BCUT2D eigenvalue weighted by molar-refractivity contribution is -0.890. The van der Waals surface area contributed by atoms with E-state index in [2.05, 4.69) is 28.2 Å². The van der Waals surface area contributed by atoms with Crippen LogP contribution in [-0.2, 0) is 18.9 Å². The highest BCUT2D eigenvalue weighted by Gasteiger charge is 2.25. The summed E-state index contributed by atoms with van der Waals surface area (Å²) in [4.78, 5) is 49.0. The zero-order valence-corrected chi connectivity index (χ0v) is 34.7. The van der Waals surface area contributed by atoms with Gasteiger partial charge in [-0.2, -0.15) is 0 Å². The molecule has 0 bridgehead atoms. The van der Waals surface area contributed by atoms with Crippen molar-refractivity contribution in [3.8, 4) is 0 Å². The van der Waals surface area contributed by atoms with Gasteiger partial charge in [-0.3, -0.25) is 20.2 Å². The van der Waals surface area contributed by atoms with Gasteiger partial charge in [0, 0.05) is 47.6 Å². The molecule has 0 spiro atoms. The molecule has 0 unspecified atom stereocenters. The van der Waals surface area contributed by atoms with E-state index in [1.54, 1.807) is 0 Å². The third-order valence-corrected chi connectivity index (χ3v) is 10.6. The van der Waals surface area contributed by atoms with Crippen LogP contribution >= 0.6 is 21.6 Å². The first kappa shape index (κ1) is 56.6. The number of esters is 2. The topological polar surface area (TPSA) is 209 Å². The molecule has 0 radical (unpaired) electrons. The van der Waals surface area contributed by atoms with Crippen molar-refractivity contribution in [1.29, 1.82) is 0 Å². The maximum atomic E-state index is 13.0. The molecule has 0 fully saturated rings. The van der Waals surface area contributed by atoms with Gasteiger partial charge in [-0.1, -0.05) is 36.4 Å². The van der Waals surface area contributed by atoms with Crippen molar-refractivity contribution in [1.82, 2.24) is 0 Å². The van der Waals surface area contributed by atoms with E-state index in [4.69, 9.17) is 29.8 Å². The Labute approximate surface area is 351 Å². The minimum Gasteiger partial charge on any atom is -1.00 e. The lowest BCUT2D eigenvalue weighted by Gasteiger charge is -2.29. The maximum Gasteiger partial charge on any atom is 0.345 e. The van der Waals surface area contributed by atoms with Crippen molar-refractivity contribution in [2.45, 2.75) is 63.2 Å². The van der Waals surface area contributed by atoms with Crippen molar-refractivity contribution in [2.24, 2.45) is 0 Å². The fraction of sp³-hybridized carbons (Fsp3) is 0.556. The summed E-state index contributed by atoms with van der Waals surface area (Å²) in [5.74, 6) is -0.680. The lowest BCUT2D eigenvalue weighted by Crippen LogP contribution is -3.00. The Morgan fingerprint density at radius 2 is 0.964 bits per heavy atom. The second kappa shape index (κ2) is 27.8. The van der Waals surface area contributed by atoms with Crippen LogP contribution < -0.4 is 35.6 Å². The molecule has 0 aliphatic rings. The Morgan fingerprint density at radius 3 is 1.27 bits per heavy atom. The van der Waals surface area contributed by atoms with E-state index in [1.165, 1.54) is 50.6 Å². The normalized spacial score (nSPS) is 10.6. The van der Waals surface area contributed by atoms with E-state index in [1.807, 2.05) is 0 Å². The molecule has 0 saturated carbocycles. The average Bonchev–Trinajstić information content (AvgIpc) is 3.10. The number of ether oxygens (including phenoxy) is 4. The molecule has 0 aliphatic carbocycles. The predicted molar refractivity (Wildman–Crippen MR) is 211 cm³/mol. The van der Waals surface area contributed by atoms with Gasteiger partial charge in [0.05, 0.1) is 104 Å². The van der Waals surface area contributed by atoms with Gasteiger partial charge in [-0.25, -0.2) is 20.4 Å². The number of nitro groups is 2. The third kappa shape index (κ3) is 20.5. The van der Waals surface area contributed by atoms with Crippen LogP contribution in [0.25, 0.3) is 0 Å². The Balaban J connectivity index is -0.00000702. The number of hydrogen-bond acceptors (Lipinski definition) is 12. The summed E-state index contributed by atoms with van der Waals surface area (Å²) in [5.41, 5.74) is -1.16. The average molecular weight is 872 g/mol. The van der Waals surface area contributed by atoms with E-state index < -0.39 is 21.8 Å². The molecule has 0 aliphatic heterocycles. The smallest absolute Gasteiger partial charge is 0.345 e. The van der Waals surface area contributed by atoms with Crippen LogP contribution in [0.5, 0.6) is 0 Å². The second-order valence-corrected chi connectivity index (χ2v) is 15.6. The van der Waals surface area contributed by atoms with E-state index in [-0.39, 0.29) is 75.4 Å². The highest BCUT2D eigenvalue weighted by atomic mass is 35.5. The van der Waals surface area contributed by atoms with E-state index in [9.17, 15) is 29.8 Å². The summed E-state index contributed by atoms with van der Waals surface area (Å²) >= 11 is 0. The van der Waals surface area contributed by atoms with Gasteiger partial charge in [0.15, 0.2) is 0 Å². The van der Waals surface area contributed by atoms with Gasteiger partial charge in [0.1, 0.15) is 11.1 Å². The van der Waals surface area contributed by atoms with Gasteiger partial charge < -0.3 is 52.7 Å². The minimum absolute atomic E-state index is 0. The Bertz CT molecular complexity index is 1490. The first-order valence-corrected chi connectivity index (χ1v) is 18.8. The number of nitrogens with zero attached hydrogens (tertiary/aromatic N) is 4. The van der Waals surface area contributed by atoms with Crippen LogP contribution in [0.4, 0.5) is 11.4 Å². The van der Waals surface area contributed by atoms with Crippen LogP contribution in [0.1, 0.15) is 74.1 Å². The van der Waals surface area contributed by atoms with Crippen molar-refractivity contribution >= 4 is 56.7 Å². The number of hydrogen-bond donors (Lipinski definition) is 2. The molecule has 20 heteroatoms. The SMILES string of the molecule is C.C.COC(=[NH2+])CCC[N+](C)(C)CCCOC(=O)c1cc(SSc2ccc([N+](=O)[O-])c(C(=O)OCCC[N+](C)(C)CCCC(=[NH2+])OC)c2)ccc1[N+](=O)[O-].[Cl-].[Cl-]. The summed E-state index contributed by atoms with van der Waals surface area (Å²) in [7, 11) is 13.6. The highest BCUT2D eigenvalue weighted by Crippen LogP contribution is 2.40. The van der Waals surface area contributed by atoms with Crippen LogP contribution in [0.15, 0.2) is 46.2 Å². The fourth-order valence-corrected chi connectivity index (χ4v) is 7.11. The van der Waals surface area contributed by atoms with Gasteiger partial charge >= 0.3 is 23.7 Å². The predicted octanol–water partition coefficient (Wildman–Crippen LogP) is -2.00. The fourth-order valence-electron chi connectivity index (χ4n) is 5.14. The zero-order chi connectivity index (χ0) is 38.9. The van der Waals surface area contributed by atoms with Crippen molar-refractivity contribution < 1.29 is 83.0 Å². The number of methoxy groups -OCH3 is 2. The van der Waals surface area contributed by atoms with Crippen LogP contribution in [0, 0.1) is 20.2 Å².